The van der Waals surface area contributed by atoms with Gasteiger partial charge in [-0.05, 0) is 45.0 Å². The Morgan fingerprint density at radius 2 is 2.00 bits per heavy atom. The van der Waals surface area contributed by atoms with Crippen molar-refractivity contribution in [2.75, 3.05) is 0 Å². The third-order valence-corrected chi connectivity index (χ3v) is 2.55. The second-order valence-corrected chi connectivity index (χ2v) is 5.53. The van der Waals surface area contributed by atoms with Gasteiger partial charge in [0.05, 0.1) is 6.20 Å². The molecule has 106 valence electrons. The van der Waals surface area contributed by atoms with Crippen LogP contribution in [0.1, 0.15) is 36.7 Å². The van der Waals surface area contributed by atoms with Crippen molar-refractivity contribution in [2.24, 2.45) is 0 Å². The maximum absolute atomic E-state index is 12.0. The van der Waals surface area contributed by atoms with E-state index in [2.05, 4.69) is 15.5 Å². The molecule has 2 rings (SSSR count). The van der Waals surface area contributed by atoms with Crippen LogP contribution in [0.3, 0.4) is 0 Å². The molecular formula is C15H19N3O2. The average Bonchev–Trinajstić information content (AvgIpc) is 2.88. The molecule has 0 spiro atoms. The predicted octanol–water partition coefficient (Wildman–Crippen LogP) is 2.52. The molecule has 1 amide bonds. The maximum Gasteiger partial charge on any atom is 0.251 e. The Bertz CT molecular complexity index is 554. The van der Waals surface area contributed by atoms with Gasteiger partial charge in [0.2, 0.25) is 0 Å². The molecule has 0 atom stereocenters. The lowest BCUT2D eigenvalue weighted by Gasteiger charge is -2.21. The van der Waals surface area contributed by atoms with Gasteiger partial charge in [-0.1, -0.05) is 0 Å². The van der Waals surface area contributed by atoms with Crippen LogP contribution in [0, 0.1) is 0 Å². The molecule has 0 bridgehead atoms. The molecular weight excluding hydrogens is 254 g/mol. The molecule has 0 unspecified atom stereocenters. The summed E-state index contributed by atoms with van der Waals surface area (Å²) in [7, 11) is 0. The predicted molar refractivity (Wildman–Crippen MR) is 76.6 cm³/mol. The number of aromatic nitrogens is 2. The van der Waals surface area contributed by atoms with Crippen molar-refractivity contribution in [1.29, 1.82) is 0 Å². The van der Waals surface area contributed by atoms with E-state index in [9.17, 15) is 4.79 Å². The minimum Gasteiger partial charge on any atom is -0.488 e. The fourth-order valence-corrected chi connectivity index (χ4v) is 1.69. The summed E-state index contributed by atoms with van der Waals surface area (Å²) in [5.74, 6) is 0.636. The summed E-state index contributed by atoms with van der Waals surface area (Å²) < 4.78 is 5.71. The molecule has 1 heterocycles. The highest BCUT2D eigenvalue weighted by molar-refractivity contribution is 5.94. The van der Waals surface area contributed by atoms with E-state index in [1.54, 1.807) is 36.7 Å². The number of amides is 1. The van der Waals surface area contributed by atoms with Crippen molar-refractivity contribution in [2.45, 2.75) is 32.9 Å². The number of carbonyl (C=O) groups excluding carboxylic acids is 1. The van der Waals surface area contributed by atoms with Gasteiger partial charge in [-0.2, -0.15) is 5.10 Å². The topological polar surface area (TPSA) is 67.0 Å². The monoisotopic (exact) mass is 273 g/mol. The highest BCUT2D eigenvalue weighted by Crippen LogP contribution is 2.18. The molecule has 2 aromatic rings. The zero-order valence-electron chi connectivity index (χ0n) is 11.9. The van der Waals surface area contributed by atoms with E-state index >= 15 is 0 Å². The molecule has 1 aromatic carbocycles. The molecule has 0 saturated heterocycles. The Labute approximate surface area is 118 Å². The molecule has 5 nitrogen and oxygen atoms in total. The summed E-state index contributed by atoms with van der Waals surface area (Å²) >= 11 is 0. The van der Waals surface area contributed by atoms with E-state index in [0.717, 1.165) is 11.3 Å². The van der Waals surface area contributed by atoms with E-state index in [-0.39, 0.29) is 11.5 Å². The zero-order chi connectivity index (χ0) is 14.6. The van der Waals surface area contributed by atoms with Gasteiger partial charge in [0.1, 0.15) is 11.4 Å². The van der Waals surface area contributed by atoms with Crippen LogP contribution in [-0.2, 0) is 6.54 Å². The number of carbonyl (C=O) groups is 1. The van der Waals surface area contributed by atoms with Gasteiger partial charge in [0.25, 0.3) is 5.91 Å². The lowest BCUT2D eigenvalue weighted by atomic mass is 10.1. The van der Waals surface area contributed by atoms with Gasteiger partial charge in [-0.25, -0.2) is 0 Å². The van der Waals surface area contributed by atoms with Gasteiger partial charge >= 0.3 is 0 Å². The molecule has 0 aliphatic heterocycles. The van der Waals surface area contributed by atoms with E-state index in [4.69, 9.17) is 4.74 Å². The van der Waals surface area contributed by atoms with E-state index in [0.29, 0.717) is 12.1 Å². The number of rotatable bonds is 4. The first-order valence-electron chi connectivity index (χ1n) is 6.49. The van der Waals surface area contributed by atoms with Crippen molar-refractivity contribution in [3.63, 3.8) is 0 Å². The summed E-state index contributed by atoms with van der Waals surface area (Å²) in [5.41, 5.74) is 1.30. The molecule has 5 heteroatoms. The molecule has 1 aromatic heterocycles. The number of aromatic amines is 1. The lowest BCUT2D eigenvalue weighted by molar-refractivity contribution is 0.0951. The number of H-pyrrole nitrogens is 1. The molecule has 0 radical (unpaired) electrons. The van der Waals surface area contributed by atoms with Crippen molar-refractivity contribution in [3.8, 4) is 5.75 Å². The van der Waals surface area contributed by atoms with Crippen LogP contribution in [0.15, 0.2) is 36.7 Å². The van der Waals surface area contributed by atoms with Crippen LogP contribution < -0.4 is 10.1 Å². The number of hydrogen-bond donors (Lipinski definition) is 2. The van der Waals surface area contributed by atoms with Crippen molar-refractivity contribution < 1.29 is 9.53 Å². The van der Waals surface area contributed by atoms with E-state index in [1.165, 1.54) is 0 Å². The van der Waals surface area contributed by atoms with Gasteiger partial charge in [-0.15, -0.1) is 0 Å². The summed E-state index contributed by atoms with van der Waals surface area (Å²) in [6.45, 7) is 6.41. The Kier molecular flexibility index (Phi) is 4.08. The molecule has 0 aliphatic carbocycles. The van der Waals surface area contributed by atoms with Crippen molar-refractivity contribution >= 4 is 5.91 Å². The SMILES string of the molecule is CC(C)(C)Oc1ccc(C(=O)NCc2cn[nH]c2)cc1. The van der Waals surface area contributed by atoms with Crippen molar-refractivity contribution in [1.82, 2.24) is 15.5 Å². The Balaban J connectivity index is 1.93. The number of nitrogens with one attached hydrogen (secondary N) is 2. The van der Waals surface area contributed by atoms with Crippen molar-refractivity contribution in [3.05, 3.63) is 47.8 Å². The molecule has 0 saturated carbocycles. The fourth-order valence-electron chi connectivity index (χ4n) is 1.69. The van der Waals surface area contributed by atoms with Crippen LogP contribution in [0.5, 0.6) is 5.75 Å². The summed E-state index contributed by atoms with van der Waals surface area (Å²) in [4.78, 5) is 12.0. The third-order valence-electron chi connectivity index (χ3n) is 2.55. The number of hydrogen-bond acceptors (Lipinski definition) is 3. The van der Waals surface area contributed by atoms with Gasteiger partial charge in [0, 0.05) is 23.9 Å². The van der Waals surface area contributed by atoms with Crippen LogP contribution in [0.2, 0.25) is 0 Å². The molecule has 0 aliphatic rings. The minimum absolute atomic E-state index is 0.117. The van der Waals surface area contributed by atoms with Gasteiger partial charge < -0.3 is 10.1 Å². The molecule has 2 N–H and O–H groups in total. The first-order valence-corrected chi connectivity index (χ1v) is 6.49. The Hall–Kier alpha value is -2.30. The Morgan fingerprint density at radius 3 is 2.55 bits per heavy atom. The highest BCUT2D eigenvalue weighted by Gasteiger charge is 2.12. The smallest absolute Gasteiger partial charge is 0.251 e. The number of benzene rings is 1. The normalized spacial score (nSPS) is 11.2. The first-order chi connectivity index (χ1) is 9.44. The van der Waals surface area contributed by atoms with Crippen LogP contribution >= 0.6 is 0 Å². The molecule has 20 heavy (non-hydrogen) atoms. The van der Waals surface area contributed by atoms with E-state index < -0.39 is 0 Å². The summed E-state index contributed by atoms with van der Waals surface area (Å²) in [6.07, 6.45) is 3.43. The average molecular weight is 273 g/mol. The lowest BCUT2D eigenvalue weighted by Crippen LogP contribution is -2.24. The number of ether oxygens (including phenoxy) is 1. The Morgan fingerprint density at radius 1 is 1.30 bits per heavy atom. The highest BCUT2D eigenvalue weighted by atomic mass is 16.5. The maximum atomic E-state index is 12.0. The second-order valence-electron chi connectivity index (χ2n) is 5.53. The van der Waals surface area contributed by atoms with Crippen LogP contribution in [-0.4, -0.2) is 21.7 Å². The first kappa shape index (κ1) is 14.1. The van der Waals surface area contributed by atoms with Gasteiger partial charge in [-0.3, -0.25) is 9.89 Å². The largest absolute Gasteiger partial charge is 0.488 e. The minimum atomic E-state index is -0.245. The summed E-state index contributed by atoms with van der Waals surface area (Å²) in [5, 5.41) is 9.36. The third kappa shape index (κ3) is 4.12. The van der Waals surface area contributed by atoms with E-state index in [1.807, 2.05) is 20.8 Å². The fraction of sp³-hybridized carbons (Fsp3) is 0.333. The summed E-state index contributed by atoms with van der Waals surface area (Å²) in [6, 6.07) is 7.12. The van der Waals surface area contributed by atoms with Gasteiger partial charge in [0.15, 0.2) is 0 Å². The van der Waals surface area contributed by atoms with Crippen LogP contribution in [0.25, 0.3) is 0 Å². The molecule has 0 fully saturated rings. The quantitative estimate of drug-likeness (QED) is 0.899. The van der Waals surface area contributed by atoms with Crippen LogP contribution in [0.4, 0.5) is 0 Å². The standard InChI is InChI=1S/C15H19N3O2/c1-15(2,3)20-13-6-4-12(5-7-13)14(19)16-8-11-9-17-18-10-11/h4-7,9-10H,8H2,1-3H3,(H,16,19)(H,17,18). The number of nitrogens with zero attached hydrogens (tertiary/aromatic N) is 1. The zero-order valence-corrected chi connectivity index (χ0v) is 11.9. The second kappa shape index (κ2) is 5.77.